The number of carbonyl (C=O) groups is 1. The maximum atomic E-state index is 12.0. The number of amides is 1. The van der Waals surface area contributed by atoms with Crippen LogP contribution in [0.4, 0.5) is 0 Å². The molecule has 18 heavy (non-hydrogen) atoms. The number of aromatic nitrogens is 3. The number of nitrogens with one attached hydrogen (secondary N) is 1. The first kappa shape index (κ1) is 12.4. The molecule has 0 saturated heterocycles. The van der Waals surface area contributed by atoms with Gasteiger partial charge in [0.25, 0.3) is 0 Å². The highest BCUT2D eigenvalue weighted by atomic mass is 16.2. The molecule has 1 N–H and O–H groups in total. The first-order valence-corrected chi connectivity index (χ1v) is 6.09. The summed E-state index contributed by atoms with van der Waals surface area (Å²) in [4.78, 5) is 23.5. The molecule has 0 unspecified atom stereocenters. The van der Waals surface area contributed by atoms with Crippen LogP contribution in [0.3, 0.4) is 0 Å². The lowest BCUT2D eigenvalue weighted by atomic mass is 10.2. The molecule has 0 bridgehead atoms. The Labute approximate surface area is 105 Å². The predicted molar refractivity (Wildman–Crippen MR) is 65.9 cm³/mol. The van der Waals surface area contributed by atoms with Crippen LogP contribution in [0.1, 0.15) is 25.1 Å². The van der Waals surface area contributed by atoms with Crippen molar-refractivity contribution in [1.82, 2.24) is 19.7 Å². The molecule has 0 atom stereocenters. The molecule has 1 amide bonds. The largest absolute Gasteiger partial charge is 0.346 e. The van der Waals surface area contributed by atoms with E-state index >= 15 is 0 Å². The molecule has 0 aliphatic carbocycles. The highest BCUT2D eigenvalue weighted by Gasteiger charge is 2.16. The zero-order valence-electron chi connectivity index (χ0n) is 10.2. The lowest BCUT2D eigenvalue weighted by Crippen LogP contribution is -2.33. The highest BCUT2D eigenvalue weighted by Crippen LogP contribution is 2.09. The Morgan fingerprint density at radius 1 is 1.44 bits per heavy atom. The van der Waals surface area contributed by atoms with Gasteiger partial charge < -0.3 is 5.32 Å². The van der Waals surface area contributed by atoms with Gasteiger partial charge in [-0.15, -0.1) is 6.42 Å². The predicted octanol–water partition coefficient (Wildman–Crippen LogP) is -0.479. The topological polar surface area (TPSA) is 68.9 Å². The third-order valence-electron chi connectivity index (χ3n) is 2.96. The van der Waals surface area contributed by atoms with E-state index in [1.165, 1.54) is 4.68 Å². The summed E-state index contributed by atoms with van der Waals surface area (Å²) in [7, 11) is 0. The van der Waals surface area contributed by atoms with Crippen LogP contribution in [0, 0.1) is 12.3 Å². The number of hydrogen-bond donors (Lipinski definition) is 1. The lowest BCUT2D eigenvalue weighted by molar-refractivity contribution is -0.121. The number of fused-ring (bicyclic) bond motifs is 1. The Morgan fingerprint density at radius 3 is 3.06 bits per heavy atom. The van der Waals surface area contributed by atoms with Crippen LogP contribution < -0.4 is 11.0 Å². The highest BCUT2D eigenvalue weighted by molar-refractivity contribution is 5.75. The Morgan fingerprint density at radius 2 is 2.28 bits per heavy atom. The summed E-state index contributed by atoms with van der Waals surface area (Å²) >= 11 is 0. The van der Waals surface area contributed by atoms with E-state index in [1.807, 2.05) is 0 Å². The van der Waals surface area contributed by atoms with E-state index in [-0.39, 0.29) is 24.7 Å². The molecule has 1 aromatic heterocycles. The smallest absolute Gasteiger partial charge is 0.344 e. The number of hydrogen-bond acceptors (Lipinski definition) is 3. The SMILES string of the molecule is C#CCNC(=O)Cn1nc2n(c1=O)CCCCC2. The van der Waals surface area contributed by atoms with Crippen molar-refractivity contribution in [2.24, 2.45) is 0 Å². The van der Waals surface area contributed by atoms with Gasteiger partial charge in [-0.05, 0) is 12.8 Å². The van der Waals surface area contributed by atoms with Crippen molar-refractivity contribution < 1.29 is 4.79 Å². The molecule has 2 heterocycles. The van der Waals surface area contributed by atoms with Crippen molar-refractivity contribution in [2.75, 3.05) is 6.54 Å². The molecule has 2 rings (SSSR count). The van der Waals surface area contributed by atoms with Gasteiger partial charge in [-0.25, -0.2) is 9.48 Å². The fourth-order valence-electron chi connectivity index (χ4n) is 2.07. The second kappa shape index (κ2) is 5.54. The van der Waals surface area contributed by atoms with Crippen molar-refractivity contribution in [3.63, 3.8) is 0 Å². The van der Waals surface area contributed by atoms with Crippen LogP contribution in [0.5, 0.6) is 0 Å². The summed E-state index contributed by atoms with van der Waals surface area (Å²) in [6.07, 6.45) is 8.99. The van der Waals surface area contributed by atoms with Crippen LogP contribution in [0.15, 0.2) is 4.79 Å². The minimum Gasteiger partial charge on any atom is -0.344 e. The second-order valence-corrected chi connectivity index (χ2v) is 4.30. The van der Waals surface area contributed by atoms with Gasteiger partial charge in [0, 0.05) is 13.0 Å². The molecule has 0 aromatic carbocycles. The summed E-state index contributed by atoms with van der Waals surface area (Å²) in [6, 6.07) is 0. The standard InChI is InChI=1S/C12H16N4O2/c1-2-7-13-11(17)9-16-12(18)15-8-5-3-4-6-10(15)14-16/h1H,3-9H2,(H,13,17). The maximum absolute atomic E-state index is 12.0. The van der Waals surface area contributed by atoms with Gasteiger partial charge in [-0.1, -0.05) is 12.3 Å². The average Bonchev–Trinajstić information content (AvgIpc) is 2.57. The van der Waals surface area contributed by atoms with Gasteiger partial charge in [-0.3, -0.25) is 9.36 Å². The Balaban J connectivity index is 2.13. The zero-order chi connectivity index (χ0) is 13.0. The Kier molecular flexibility index (Phi) is 3.82. The molecule has 0 spiro atoms. The average molecular weight is 248 g/mol. The van der Waals surface area contributed by atoms with Crippen molar-refractivity contribution in [2.45, 2.75) is 38.8 Å². The Bertz CT molecular complexity index is 535. The fraction of sp³-hybridized carbons (Fsp3) is 0.583. The molecule has 1 aliphatic rings. The summed E-state index contributed by atoms with van der Waals surface area (Å²) in [5, 5.41) is 6.73. The van der Waals surface area contributed by atoms with Crippen LogP contribution in [0.2, 0.25) is 0 Å². The number of terminal acetylenes is 1. The van der Waals surface area contributed by atoms with Crippen LogP contribution in [-0.2, 0) is 24.3 Å². The first-order chi connectivity index (χ1) is 8.72. The van der Waals surface area contributed by atoms with E-state index < -0.39 is 0 Å². The van der Waals surface area contributed by atoms with Gasteiger partial charge in [0.05, 0.1) is 6.54 Å². The molecular formula is C12H16N4O2. The molecular weight excluding hydrogens is 232 g/mol. The van der Waals surface area contributed by atoms with E-state index in [0.717, 1.165) is 31.5 Å². The first-order valence-electron chi connectivity index (χ1n) is 6.09. The fourth-order valence-corrected chi connectivity index (χ4v) is 2.07. The quantitative estimate of drug-likeness (QED) is 0.735. The molecule has 1 aliphatic heterocycles. The van der Waals surface area contributed by atoms with E-state index in [1.54, 1.807) is 4.57 Å². The molecule has 96 valence electrons. The van der Waals surface area contributed by atoms with E-state index in [2.05, 4.69) is 16.3 Å². The molecule has 6 heteroatoms. The van der Waals surface area contributed by atoms with Gasteiger partial charge >= 0.3 is 5.69 Å². The summed E-state index contributed by atoms with van der Waals surface area (Å²) in [5.74, 6) is 2.80. The van der Waals surface area contributed by atoms with Crippen LogP contribution in [-0.4, -0.2) is 26.8 Å². The minimum atomic E-state index is -0.289. The van der Waals surface area contributed by atoms with Gasteiger partial charge in [0.1, 0.15) is 12.4 Å². The van der Waals surface area contributed by atoms with Crippen LogP contribution >= 0.6 is 0 Å². The molecule has 6 nitrogen and oxygen atoms in total. The number of carbonyl (C=O) groups excluding carboxylic acids is 1. The summed E-state index contributed by atoms with van der Waals surface area (Å²) < 4.78 is 2.88. The van der Waals surface area contributed by atoms with Crippen molar-refractivity contribution in [1.29, 1.82) is 0 Å². The minimum absolute atomic E-state index is 0.0689. The molecule has 1 aromatic rings. The summed E-state index contributed by atoms with van der Waals surface area (Å²) in [6.45, 7) is 0.793. The van der Waals surface area contributed by atoms with Crippen molar-refractivity contribution in [3.8, 4) is 12.3 Å². The maximum Gasteiger partial charge on any atom is 0.346 e. The van der Waals surface area contributed by atoms with Crippen molar-refractivity contribution in [3.05, 3.63) is 16.3 Å². The van der Waals surface area contributed by atoms with Gasteiger partial charge in [0.2, 0.25) is 5.91 Å². The van der Waals surface area contributed by atoms with Gasteiger partial charge in [0.15, 0.2) is 0 Å². The third-order valence-corrected chi connectivity index (χ3v) is 2.96. The zero-order valence-corrected chi connectivity index (χ0v) is 10.2. The summed E-state index contributed by atoms with van der Waals surface area (Å²) in [5.41, 5.74) is -0.206. The van der Waals surface area contributed by atoms with Gasteiger partial charge in [-0.2, -0.15) is 5.10 Å². The van der Waals surface area contributed by atoms with E-state index in [9.17, 15) is 9.59 Å². The molecule has 0 fully saturated rings. The van der Waals surface area contributed by atoms with Crippen LogP contribution in [0.25, 0.3) is 0 Å². The lowest BCUT2D eigenvalue weighted by Gasteiger charge is -2.00. The number of nitrogens with zero attached hydrogens (tertiary/aromatic N) is 3. The van der Waals surface area contributed by atoms with E-state index in [0.29, 0.717) is 6.54 Å². The van der Waals surface area contributed by atoms with E-state index in [4.69, 9.17) is 6.42 Å². The molecule has 0 saturated carbocycles. The Hall–Kier alpha value is -2.03. The molecule has 0 radical (unpaired) electrons. The second-order valence-electron chi connectivity index (χ2n) is 4.30. The normalized spacial score (nSPS) is 14.4. The van der Waals surface area contributed by atoms with Crippen molar-refractivity contribution >= 4 is 5.91 Å². The third kappa shape index (κ3) is 2.62. The monoisotopic (exact) mass is 248 g/mol. The number of aryl methyl sites for hydroxylation is 1. The number of rotatable bonds is 3.